The molecule has 0 aliphatic heterocycles. The molecule has 0 aliphatic carbocycles. The quantitative estimate of drug-likeness (QED) is 0.796. The van der Waals surface area contributed by atoms with Crippen molar-refractivity contribution < 1.29 is 14.6 Å². The number of benzene rings is 1. The lowest BCUT2D eigenvalue weighted by Crippen LogP contribution is -2.42. The van der Waals surface area contributed by atoms with E-state index in [1.165, 1.54) is 0 Å². The third-order valence-electron chi connectivity index (χ3n) is 3.24. The summed E-state index contributed by atoms with van der Waals surface area (Å²) in [6.45, 7) is 5.86. The highest BCUT2D eigenvalue weighted by Gasteiger charge is 2.24. The summed E-state index contributed by atoms with van der Waals surface area (Å²) in [6.07, 6.45) is 0.836. The molecule has 0 amide bonds. The predicted octanol–water partition coefficient (Wildman–Crippen LogP) is 2.85. The molecule has 0 saturated carbocycles. The molecule has 2 atom stereocenters. The van der Waals surface area contributed by atoms with Gasteiger partial charge in [0.25, 0.3) is 0 Å². The second-order valence-electron chi connectivity index (χ2n) is 4.96. The lowest BCUT2D eigenvalue weighted by molar-refractivity contribution is -0.140. The largest absolute Gasteiger partial charge is 0.497 e. The van der Waals surface area contributed by atoms with Gasteiger partial charge in [0.2, 0.25) is 0 Å². The molecular weight excluding hydrogens is 242 g/mol. The maximum Gasteiger partial charge on any atom is 0.320 e. The molecule has 0 heterocycles. The molecule has 0 fully saturated rings. The second-order valence-corrected chi connectivity index (χ2v) is 4.96. The van der Waals surface area contributed by atoms with Crippen LogP contribution in [0.1, 0.15) is 38.8 Å². The van der Waals surface area contributed by atoms with Crippen molar-refractivity contribution in [1.82, 2.24) is 5.32 Å². The summed E-state index contributed by atoms with van der Waals surface area (Å²) in [6, 6.07) is 7.23. The fraction of sp³-hybridized carbons (Fsp3) is 0.533. The Labute approximate surface area is 114 Å². The van der Waals surface area contributed by atoms with E-state index < -0.39 is 12.0 Å². The number of carboxylic acid groups (broad SMARTS) is 1. The van der Waals surface area contributed by atoms with Crippen LogP contribution in [0.2, 0.25) is 0 Å². The number of rotatable bonds is 7. The second kappa shape index (κ2) is 7.14. The monoisotopic (exact) mass is 265 g/mol. The number of carboxylic acids is 1. The van der Waals surface area contributed by atoms with Gasteiger partial charge >= 0.3 is 5.97 Å². The first-order valence-electron chi connectivity index (χ1n) is 6.62. The lowest BCUT2D eigenvalue weighted by atomic mass is 9.99. The molecule has 2 N–H and O–H groups in total. The average Bonchev–Trinajstić information content (AvgIpc) is 2.39. The summed E-state index contributed by atoms with van der Waals surface area (Å²) in [7, 11) is 1.63. The van der Waals surface area contributed by atoms with E-state index in [9.17, 15) is 9.90 Å². The number of hydrogen-bond acceptors (Lipinski definition) is 3. The molecule has 0 aromatic heterocycles. The first-order valence-corrected chi connectivity index (χ1v) is 6.62. The highest BCUT2D eigenvalue weighted by atomic mass is 16.5. The molecule has 19 heavy (non-hydrogen) atoms. The van der Waals surface area contributed by atoms with Gasteiger partial charge in [0.15, 0.2) is 0 Å². The molecule has 0 saturated heterocycles. The maximum absolute atomic E-state index is 11.2. The van der Waals surface area contributed by atoms with Crippen LogP contribution in [-0.2, 0) is 4.79 Å². The Hall–Kier alpha value is -1.55. The van der Waals surface area contributed by atoms with Crippen molar-refractivity contribution in [2.75, 3.05) is 7.11 Å². The van der Waals surface area contributed by atoms with Crippen LogP contribution in [0.5, 0.6) is 5.75 Å². The Morgan fingerprint density at radius 3 is 2.26 bits per heavy atom. The summed E-state index contributed by atoms with van der Waals surface area (Å²) < 4.78 is 5.13. The van der Waals surface area contributed by atoms with Gasteiger partial charge in [-0.1, -0.05) is 32.9 Å². The summed E-state index contributed by atoms with van der Waals surface area (Å²) in [5.41, 5.74) is 1.08. The van der Waals surface area contributed by atoms with E-state index >= 15 is 0 Å². The van der Waals surface area contributed by atoms with E-state index in [0.29, 0.717) is 0 Å². The highest BCUT2D eigenvalue weighted by molar-refractivity contribution is 5.73. The molecule has 1 aromatic carbocycles. The molecular formula is C15H23NO3. The van der Waals surface area contributed by atoms with E-state index in [-0.39, 0.29) is 12.0 Å². The van der Waals surface area contributed by atoms with Crippen LogP contribution in [0.15, 0.2) is 24.3 Å². The van der Waals surface area contributed by atoms with Crippen LogP contribution in [0.25, 0.3) is 0 Å². The SMILES string of the molecule is CCC(NC(C(=O)O)C(C)C)c1ccc(OC)cc1. The number of methoxy groups -OCH3 is 1. The van der Waals surface area contributed by atoms with Gasteiger partial charge in [-0.15, -0.1) is 0 Å². The smallest absolute Gasteiger partial charge is 0.320 e. The van der Waals surface area contributed by atoms with Gasteiger partial charge in [-0.2, -0.15) is 0 Å². The lowest BCUT2D eigenvalue weighted by Gasteiger charge is -2.25. The van der Waals surface area contributed by atoms with Gasteiger partial charge in [-0.3, -0.25) is 10.1 Å². The van der Waals surface area contributed by atoms with Crippen molar-refractivity contribution >= 4 is 5.97 Å². The Morgan fingerprint density at radius 1 is 1.32 bits per heavy atom. The Kier molecular flexibility index (Phi) is 5.83. The minimum atomic E-state index is -0.804. The molecule has 4 nitrogen and oxygen atoms in total. The van der Waals surface area contributed by atoms with Gasteiger partial charge in [0.05, 0.1) is 7.11 Å². The van der Waals surface area contributed by atoms with Crippen LogP contribution in [0.3, 0.4) is 0 Å². The fourth-order valence-electron chi connectivity index (χ4n) is 2.05. The van der Waals surface area contributed by atoms with Crippen molar-refractivity contribution in [2.45, 2.75) is 39.3 Å². The zero-order valence-electron chi connectivity index (χ0n) is 12.0. The Balaban J connectivity index is 2.84. The van der Waals surface area contributed by atoms with Gasteiger partial charge < -0.3 is 9.84 Å². The van der Waals surface area contributed by atoms with Crippen LogP contribution in [0, 0.1) is 5.92 Å². The number of hydrogen-bond donors (Lipinski definition) is 2. The molecule has 0 bridgehead atoms. The van der Waals surface area contributed by atoms with Crippen LogP contribution in [-0.4, -0.2) is 24.2 Å². The molecule has 4 heteroatoms. The van der Waals surface area contributed by atoms with Gasteiger partial charge in [-0.05, 0) is 30.0 Å². The molecule has 0 radical (unpaired) electrons. The highest BCUT2D eigenvalue weighted by Crippen LogP contribution is 2.21. The van der Waals surface area contributed by atoms with Crippen molar-refractivity contribution in [3.05, 3.63) is 29.8 Å². The topological polar surface area (TPSA) is 58.6 Å². The Morgan fingerprint density at radius 2 is 1.89 bits per heavy atom. The summed E-state index contributed by atoms with van der Waals surface area (Å²) in [4.78, 5) is 11.2. The van der Waals surface area contributed by atoms with Crippen molar-refractivity contribution in [2.24, 2.45) is 5.92 Å². The fourth-order valence-corrected chi connectivity index (χ4v) is 2.05. The molecule has 106 valence electrons. The molecule has 0 spiro atoms. The van der Waals surface area contributed by atoms with Gasteiger partial charge in [0, 0.05) is 6.04 Å². The van der Waals surface area contributed by atoms with Crippen molar-refractivity contribution in [3.63, 3.8) is 0 Å². The van der Waals surface area contributed by atoms with Crippen LogP contribution < -0.4 is 10.1 Å². The number of aliphatic carboxylic acids is 1. The van der Waals surface area contributed by atoms with Crippen molar-refractivity contribution in [3.8, 4) is 5.75 Å². The van der Waals surface area contributed by atoms with Crippen molar-refractivity contribution in [1.29, 1.82) is 0 Å². The third kappa shape index (κ3) is 4.24. The van der Waals surface area contributed by atoms with E-state index in [4.69, 9.17) is 4.74 Å². The maximum atomic E-state index is 11.2. The van der Waals surface area contributed by atoms with E-state index in [1.54, 1.807) is 7.11 Å². The molecule has 1 rings (SSSR count). The summed E-state index contributed by atoms with van der Waals surface area (Å²) in [5.74, 6) is 0.0454. The predicted molar refractivity (Wildman–Crippen MR) is 75.4 cm³/mol. The van der Waals surface area contributed by atoms with Crippen LogP contribution in [0.4, 0.5) is 0 Å². The number of ether oxygens (including phenoxy) is 1. The van der Waals surface area contributed by atoms with E-state index in [0.717, 1.165) is 17.7 Å². The van der Waals surface area contributed by atoms with E-state index in [2.05, 4.69) is 5.32 Å². The summed E-state index contributed by atoms with van der Waals surface area (Å²) >= 11 is 0. The minimum Gasteiger partial charge on any atom is -0.497 e. The molecule has 2 unspecified atom stereocenters. The Bertz CT molecular complexity index is 400. The average molecular weight is 265 g/mol. The number of nitrogens with one attached hydrogen (secondary N) is 1. The van der Waals surface area contributed by atoms with Gasteiger partial charge in [-0.25, -0.2) is 0 Å². The molecule has 1 aromatic rings. The molecule has 0 aliphatic rings. The van der Waals surface area contributed by atoms with Crippen LogP contribution >= 0.6 is 0 Å². The normalized spacial score (nSPS) is 14.2. The standard InChI is InChI=1S/C15H23NO3/c1-5-13(16-14(10(2)3)15(17)18)11-6-8-12(19-4)9-7-11/h6-10,13-14,16H,5H2,1-4H3,(H,17,18). The zero-order chi connectivity index (χ0) is 14.4. The first kappa shape index (κ1) is 15.5. The number of carbonyl (C=O) groups is 1. The summed E-state index contributed by atoms with van der Waals surface area (Å²) in [5, 5.41) is 12.5. The first-order chi connectivity index (χ1) is 8.99. The minimum absolute atomic E-state index is 0.0365. The zero-order valence-corrected chi connectivity index (χ0v) is 12.0. The van der Waals surface area contributed by atoms with E-state index in [1.807, 2.05) is 45.0 Å². The third-order valence-corrected chi connectivity index (χ3v) is 3.24. The van der Waals surface area contributed by atoms with Gasteiger partial charge in [0.1, 0.15) is 11.8 Å².